The quantitative estimate of drug-likeness (QED) is 0.870. The molecule has 1 aliphatic heterocycles. The molecule has 6 nitrogen and oxygen atoms in total. The number of amides is 2. The average molecular weight is 318 g/mol. The number of nitrogens with one attached hydrogen (secondary N) is 1. The second-order valence-corrected chi connectivity index (χ2v) is 6.49. The Bertz CT molecular complexity index is 481. The Hall–Kier alpha value is -1.85. The summed E-state index contributed by atoms with van der Waals surface area (Å²) < 4.78 is 5.84. The summed E-state index contributed by atoms with van der Waals surface area (Å²) in [5.41, 5.74) is 0. The number of carbonyl (C=O) groups is 1. The van der Waals surface area contributed by atoms with Crippen LogP contribution >= 0.6 is 0 Å². The summed E-state index contributed by atoms with van der Waals surface area (Å²) in [6.07, 6.45) is 12.3. The monoisotopic (exact) mass is 318 g/mol. The van der Waals surface area contributed by atoms with Gasteiger partial charge in [0.05, 0.1) is 0 Å². The van der Waals surface area contributed by atoms with Gasteiger partial charge in [0, 0.05) is 44.2 Å². The second kappa shape index (κ2) is 8.13. The van der Waals surface area contributed by atoms with Gasteiger partial charge in [-0.3, -0.25) is 0 Å². The number of hydrogen-bond acceptors (Lipinski definition) is 4. The number of ether oxygens (including phenoxy) is 1. The van der Waals surface area contributed by atoms with Crippen LogP contribution in [0.3, 0.4) is 0 Å². The third-order valence-corrected chi connectivity index (χ3v) is 4.75. The molecule has 0 bridgehead atoms. The molecule has 0 aromatic carbocycles. The smallest absolute Gasteiger partial charge is 0.317 e. The lowest BCUT2D eigenvalue weighted by molar-refractivity contribution is 0.106. The summed E-state index contributed by atoms with van der Waals surface area (Å²) in [5, 5.41) is 3.22. The molecule has 1 aromatic rings. The Labute approximate surface area is 137 Å². The van der Waals surface area contributed by atoms with Crippen LogP contribution in [0.2, 0.25) is 0 Å². The highest BCUT2D eigenvalue weighted by molar-refractivity contribution is 5.74. The molecule has 1 N–H and O–H groups in total. The molecular weight excluding hydrogens is 292 g/mol. The van der Waals surface area contributed by atoms with E-state index in [9.17, 15) is 4.79 Å². The maximum absolute atomic E-state index is 12.4. The fraction of sp³-hybridized carbons (Fsp3) is 0.706. The minimum absolute atomic E-state index is 0.0948. The first-order chi connectivity index (χ1) is 11.3. The maximum atomic E-state index is 12.4. The van der Waals surface area contributed by atoms with Gasteiger partial charge in [-0.1, -0.05) is 25.7 Å². The fourth-order valence-corrected chi connectivity index (χ4v) is 3.39. The van der Waals surface area contributed by atoms with E-state index in [0.29, 0.717) is 11.9 Å². The van der Waals surface area contributed by atoms with Crippen molar-refractivity contribution in [3.63, 3.8) is 0 Å². The van der Waals surface area contributed by atoms with E-state index < -0.39 is 0 Å². The van der Waals surface area contributed by atoms with Gasteiger partial charge in [0.2, 0.25) is 5.88 Å². The minimum atomic E-state index is 0.0948. The van der Waals surface area contributed by atoms with Gasteiger partial charge in [0.25, 0.3) is 0 Å². The van der Waals surface area contributed by atoms with Crippen LogP contribution in [0.15, 0.2) is 18.6 Å². The molecule has 1 saturated heterocycles. The Balaban J connectivity index is 1.42. The molecule has 0 atom stereocenters. The summed E-state index contributed by atoms with van der Waals surface area (Å²) in [6, 6.07) is 2.22. The number of piperidine rings is 1. The van der Waals surface area contributed by atoms with E-state index in [1.165, 1.54) is 32.0 Å². The highest BCUT2D eigenvalue weighted by atomic mass is 16.5. The molecule has 126 valence electrons. The first kappa shape index (κ1) is 16.0. The van der Waals surface area contributed by atoms with Crippen molar-refractivity contribution in [3.05, 3.63) is 18.6 Å². The molecule has 6 heteroatoms. The molecule has 2 amide bonds. The van der Waals surface area contributed by atoms with Gasteiger partial charge in [-0.15, -0.1) is 0 Å². The van der Waals surface area contributed by atoms with E-state index >= 15 is 0 Å². The standard InChI is InChI=1S/C17H26N4O2/c22-17(20-14-5-3-1-2-4-6-14)21-11-8-15(9-12-21)23-16-7-10-18-13-19-16/h7,10,13-15H,1-6,8-9,11-12H2,(H,20,22). The summed E-state index contributed by atoms with van der Waals surface area (Å²) in [7, 11) is 0. The summed E-state index contributed by atoms with van der Waals surface area (Å²) >= 11 is 0. The first-order valence-corrected chi connectivity index (χ1v) is 8.79. The highest BCUT2D eigenvalue weighted by Crippen LogP contribution is 2.19. The van der Waals surface area contributed by atoms with Crippen LogP contribution in [-0.4, -0.2) is 46.1 Å². The molecule has 2 heterocycles. The van der Waals surface area contributed by atoms with Crippen molar-refractivity contribution < 1.29 is 9.53 Å². The van der Waals surface area contributed by atoms with Gasteiger partial charge in [-0.25, -0.2) is 14.8 Å². The topological polar surface area (TPSA) is 67.4 Å². The lowest BCUT2D eigenvalue weighted by atomic mass is 10.1. The molecule has 0 spiro atoms. The zero-order valence-corrected chi connectivity index (χ0v) is 13.6. The zero-order valence-electron chi connectivity index (χ0n) is 13.6. The van der Waals surface area contributed by atoms with E-state index in [2.05, 4.69) is 15.3 Å². The summed E-state index contributed by atoms with van der Waals surface area (Å²) in [5.74, 6) is 0.612. The Morgan fingerprint density at radius 2 is 1.87 bits per heavy atom. The van der Waals surface area contributed by atoms with Crippen LogP contribution in [0.25, 0.3) is 0 Å². The van der Waals surface area contributed by atoms with Gasteiger partial charge >= 0.3 is 6.03 Å². The molecule has 23 heavy (non-hydrogen) atoms. The van der Waals surface area contributed by atoms with Crippen molar-refractivity contribution in [2.45, 2.75) is 63.5 Å². The lowest BCUT2D eigenvalue weighted by Crippen LogP contribution is -2.49. The number of hydrogen-bond donors (Lipinski definition) is 1. The van der Waals surface area contributed by atoms with E-state index in [1.54, 1.807) is 12.3 Å². The summed E-state index contributed by atoms with van der Waals surface area (Å²) in [6.45, 7) is 1.49. The molecule has 2 aliphatic rings. The van der Waals surface area contributed by atoms with Gasteiger partial charge in [0.1, 0.15) is 12.4 Å². The normalized spacial score (nSPS) is 20.8. The minimum Gasteiger partial charge on any atom is -0.474 e. The maximum Gasteiger partial charge on any atom is 0.317 e. The fourth-order valence-electron chi connectivity index (χ4n) is 3.39. The zero-order chi connectivity index (χ0) is 15.9. The van der Waals surface area contributed by atoms with Crippen LogP contribution < -0.4 is 10.1 Å². The van der Waals surface area contributed by atoms with Gasteiger partial charge < -0.3 is 15.0 Å². The van der Waals surface area contributed by atoms with E-state index in [4.69, 9.17) is 4.74 Å². The number of aromatic nitrogens is 2. The number of rotatable bonds is 3. The largest absolute Gasteiger partial charge is 0.474 e. The number of likely N-dealkylation sites (tertiary alicyclic amines) is 1. The summed E-state index contributed by atoms with van der Waals surface area (Å²) in [4.78, 5) is 22.3. The number of nitrogens with zero attached hydrogens (tertiary/aromatic N) is 3. The average Bonchev–Trinajstić information content (AvgIpc) is 2.85. The number of urea groups is 1. The molecule has 1 aliphatic carbocycles. The van der Waals surface area contributed by atoms with Crippen molar-refractivity contribution in [2.24, 2.45) is 0 Å². The molecule has 2 fully saturated rings. The predicted octanol–water partition coefficient (Wildman–Crippen LogP) is 2.75. The van der Waals surface area contributed by atoms with Crippen molar-refractivity contribution in [2.75, 3.05) is 13.1 Å². The molecule has 1 aromatic heterocycles. The molecule has 1 saturated carbocycles. The van der Waals surface area contributed by atoms with Crippen LogP contribution in [0.5, 0.6) is 5.88 Å². The van der Waals surface area contributed by atoms with E-state index in [0.717, 1.165) is 38.8 Å². The van der Waals surface area contributed by atoms with Crippen molar-refractivity contribution in [1.29, 1.82) is 0 Å². The SMILES string of the molecule is O=C(NC1CCCCCC1)N1CCC(Oc2ccncn2)CC1. The van der Waals surface area contributed by atoms with Crippen LogP contribution in [0.4, 0.5) is 4.79 Å². The van der Waals surface area contributed by atoms with Crippen LogP contribution in [0.1, 0.15) is 51.4 Å². The van der Waals surface area contributed by atoms with Crippen LogP contribution in [0, 0.1) is 0 Å². The lowest BCUT2D eigenvalue weighted by Gasteiger charge is -2.33. The number of carbonyl (C=O) groups excluding carboxylic acids is 1. The van der Waals surface area contributed by atoms with Crippen LogP contribution in [-0.2, 0) is 0 Å². The Morgan fingerprint density at radius 1 is 1.13 bits per heavy atom. The van der Waals surface area contributed by atoms with Gasteiger partial charge in [-0.2, -0.15) is 0 Å². The molecule has 3 rings (SSSR count). The predicted molar refractivity (Wildman–Crippen MR) is 87.3 cm³/mol. The van der Waals surface area contributed by atoms with Crippen molar-refractivity contribution in [1.82, 2.24) is 20.2 Å². The molecule has 0 unspecified atom stereocenters. The second-order valence-electron chi connectivity index (χ2n) is 6.49. The van der Waals surface area contributed by atoms with Gasteiger partial charge in [0.15, 0.2) is 0 Å². The van der Waals surface area contributed by atoms with Gasteiger partial charge in [-0.05, 0) is 12.8 Å². The van der Waals surface area contributed by atoms with E-state index in [-0.39, 0.29) is 12.1 Å². The Kier molecular flexibility index (Phi) is 5.66. The molecule has 0 radical (unpaired) electrons. The Morgan fingerprint density at radius 3 is 2.52 bits per heavy atom. The van der Waals surface area contributed by atoms with Crippen molar-refractivity contribution >= 4 is 6.03 Å². The van der Waals surface area contributed by atoms with Crippen molar-refractivity contribution in [3.8, 4) is 5.88 Å². The third-order valence-electron chi connectivity index (χ3n) is 4.75. The third kappa shape index (κ3) is 4.81. The van der Waals surface area contributed by atoms with E-state index in [1.807, 2.05) is 4.90 Å². The molecular formula is C17H26N4O2. The highest BCUT2D eigenvalue weighted by Gasteiger charge is 2.25. The first-order valence-electron chi connectivity index (χ1n) is 8.79.